The van der Waals surface area contributed by atoms with Gasteiger partial charge in [0.2, 0.25) is 11.9 Å². The lowest BCUT2D eigenvalue weighted by Crippen LogP contribution is -2.39. The summed E-state index contributed by atoms with van der Waals surface area (Å²) < 4.78 is 0. The molecule has 25 heavy (non-hydrogen) atoms. The summed E-state index contributed by atoms with van der Waals surface area (Å²) >= 11 is 0. The number of rotatable bonds is 3. The van der Waals surface area contributed by atoms with Crippen LogP contribution in [0.2, 0.25) is 0 Å². The summed E-state index contributed by atoms with van der Waals surface area (Å²) in [5, 5.41) is 3.15. The van der Waals surface area contributed by atoms with Gasteiger partial charge in [0, 0.05) is 36.6 Å². The van der Waals surface area contributed by atoms with E-state index in [0.717, 1.165) is 54.4 Å². The number of amides is 1. The lowest BCUT2D eigenvalue weighted by molar-refractivity contribution is -0.120. The predicted molar refractivity (Wildman–Crippen MR) is 101 cm³/mol. The molecule has 1 fully saturated rings. The van der Waals surface area contributed by atoms with Gasteiger partial charge < -0.3 is 10.2 Å². The zero-order valence-corrected chi connectivity index (χ0v) is 15.5. The highest BCUT2D eigenvalue weighted by atomic mass is 16.1. The maximum absolute atomic E-state index is 12.7. The molecule has 2 heterocycles. The zero-order chi connectivity index (χ0) is 18.0. The van der Waals surface area contributed by atoms with Gasteiger partial charge in [-0.05, 0) is 57.7 Å². The molecule has 0 unspecified atom stereocenters. The van der Waals surface area contributed by atoms with Crippen molar-refractivity contribution >= 4 is 17.5 Å². The maximum atomic E-state index is 12.7. The highest BCUT2D eigenvalue weighted by Crippen LogP contribution is 2.26. The van der Waals surface area contributed by atoms with Gasteiger partial charge in [0.1, 0.15) is 0 Å². The first-order valence-electron chi connectivity index (χ1n) is 8.87. The fourth-order valence-electron chi connectivity index (χ4n) is 3.53. The minimum atomic E-state index is 0.0427. The Kier molecular flexibility index (Phi) is 5.02. The van der Waals surface area contributed by atoms with Crippen molar-refractivity contribution in [2.45, 2.75) is 40.5 Å². The molecule has 1 aliphatic heterocycles. The van der Waals surface area contributed by atoms with Gasteiger partial charge in [0.25, 0.3) is 0 Å². The van der Waals surface area contributed by atoms with Crippen LogP contribution in [0.3, 0.4) is 0 Å². The molecule has 5 nitrogen and oxygen atoms in total. The number of hydrogen-bond acceptors (Lipinski definition) is 4. The number of aryl methyl sites for hydroxylation is 4. The second kappa shape index (κ2) is 7.21. The molecule has 1 saturated heterocycles. The van der Waals surface area contributed by atoms with Gasteiger partial charge in [-0.25, -0.2) is 9.97 Å². The second-order valence-corrected chi connectivity index (χ2v) is 7.02. The van der Waals surface area contributed by atoms with E-state index in [4.69, 9.17) is 0 Å². The minimum absolute atomic E-state index is 0.0427. The molecule has 3 rings (SSSR count). The number of carbonyl (C=O) groups excluding carboxylic acids is 1. The van der Waals surface area contributed by atoms with E-state index in [1.165, 1.54) is 5.56 Å². The van der Waals surface area contributed by atoms with E-state index in [9.17, 15) is 4.79 Å². The Bertz CT molecular complexity index is 756. The molecule has 0 aliphatic carbocycles. The summed E-state index contributed by atoms with van der Waals surface area (Å²) in [6.07, 6.45) is 3.44. The van der Waals surface area contributed by atoms with Crippen molar-refractivity contribution in [1.82, 2.24) is 9.97 Å². The summed E-state index contributed by atoms with van der Waals surface area (Å²) in [7, 11) is 0. The topological polar surface area (TPSA) is 58.1 Å². The highest BCUT2D eigenvalue weighted by Gasteiger charge is 2.26. The Morgan fingerprint density at radius 2 is 1.76 bits per heavy atom. The summed E-state index contributed by atoms with van der Waals surface area (Å²) in [4.78, 5) is 23.7. The van der Waals surface area contributed by atoms with Gasteiger partial charge in [0.15, 0.2) is 0 Å². The number of aromatic nitrogens is 2. The average molecular weight is 338 g/mol. The van der Waals surface area contributed by atoms with Crippen LogP contribution < -0.4 is 10.2 Å². The molecule has 1 aromatic heterocycles. The Labute approximate surface area is 149 Å². The number of nitrogens with zero attached hydrogens (tertiary/aromatic N) is 3. The minimum Gasteiger partial charge on any atom is -0.341 e. The molecule has 1 N–H and O–H groups in total. The molecule has 0 bridgehead atoms. The first-order chi connectivity index (χ1) is 11.9. The van der Waals surface area contributed by atoms with Gasteiger partial charge >= 0.3 is 0 Å². The van der Waals surface area contributed by atoms with Crippen molar-refractivity contribution in [2.75, 3.05) is 23.3 Å². The number of nitrogens with one attached hydrogen (secondary N) is 1. The predicted octanol–water partition coefficient (Wildman–Crippen LogP) is 3.57. The van der Waals surface area contributed by atoms with Crippen molar-refractivity contribution in [1.29, 1.82) is 0 Å². The monoisotopic (exact) mass is 338 g/mol. The van der Waals surface area contributed by atoms with Gasteiger partial charge in [-0.15, -0.1) is 0 Å². The molecule has 0 saturated carbocycles. The van der Waals surface area contributed by atoms with E-state index in [1.54, 1.807) is 6.20 Å². The van der Waals surface area contributed by atoms with Crippen molar-refractivity contribution in [3.8, 4) is 0 Å². The average Bonchev–Trinajstić information content (AvgIpc) is 2.58. The van der Waals surface area contributed by atoms with Gasteiger partial charge in [0.05, 0.1) is 0 Å². The Balaban J connectivity index is 1.62. The van der Waals surface area contributed by atoms with Crippen LogP contribution in [0.1, 0.15) is 35.2 Å². The van der Waals surface area contributed by atoms with Crippen LogP contribution in [-0.2, 0) is 4.79 Å². The van der Waals surface area contributed by atoms with Crippen molar-refractivity contribution < 1.29 is 4.79 Å². The largest absolute Gasteiger partial charge is 0.341 e. The number of benzene rings is 1. The Morgan fingerprint density at radius 1 is 1.12 bits per heavy atom. The van der Waals surface area contributed by atoms with Gasteiger partial charge in [-0.2, -0.15) is 0 Å². The highest BCUT2D eigenvalue weighted by molar-refractivity contribution is 5.94. The molecule has 1 amide bonds. The number of hydrogen-bond donors (Lipinski definition) is 1. The molecule has 0 radical (unpaired) electrons. The van der Waals surface area contributed by atoms with E-state index < -0.39 is 0 Å². The smallest absolute Gasteiger partial charge is 0.227 e. The van der Waals surface area contributed by atoms with Gasteiger partial charge in [-0.3, -0.25) is 4.79 Å². The normalized spacial score (nSPS) is 15.3. The standard InChI is InChI=1S/C20H26N4O/c1-13-11-14(2)18(15(3)12-13)23-19(25)17-6-9-24(10-7-17)20-21-8-5-16(4)22-20/h5,8,11-12,17H,6-7,9-10H2,1-4H3,(H,23,25). The van der Waals surface area contributed by atoms with E-state index in [2.05, 4.69) is 39.2 Å². The molecule has 5 heteroatoms. The second-order valence-electron chi connectivity index (χ2n) is 7.02. The molecule has 0 atom stereocenters. The Morgan fingerprint density at radius 3 is 2.36 bits per heavy atom. The quantitative estimate of drug-likeness (QED) is 0.929. The molecular formula is C20H26N4O. The summed E-state index contributed by atoms with van der Waals surface area (Å²) in [6.45, 7) is 9.77. The fraction of sp³-hybridized carbons (Fsp3) is 0.450. The van der Waals surface area contributed by atoms with Crippen LogP contribution >= 0.6 is 0 Å². The van der Waals surface area contributed by atoms with Crippen LogP contribution in [-0.4, -0.2) is 29.0 Å². The SMILES string of the molecule is Cc1cc(C)c(NC(=O)C2CCN(c3nccc(C)n3)CC2)c(C)c1. The van der Waals surface area contributed by atoms with Crippen molar-refractivity contribution in [3.05, 3.63) is 46.8 Å². The molecule has 2 aromatic rings. The first-order valence-corrected chi connectivity index (χ1v) is 8.87. The van der Waals surface area contributed by atoms with Crippen molar-refractivity contribution in [3.63, 3.8) is 0 Å². The number of piperidine rings is 1. The van der Waals surface area contributed by atoms with Crippen LogP contribution in [0.25, 0.3) is 0 Å². The zero-order valence-electron chi connectivity index (χ0n) is 15.5. The molecular weight excluding hydrogens is 312 g/mol. The third-order valence-electron chi connectivity index (χ3n) is 4.86. The summed E-state index contributed by atoms with van der Waals surface area (Å²) in [5.74, 6) is 0.935. The maximum Gasteiger partial charge on any atom is 0.227 e. The van der Waals surface area contributed by atoms with Crippen LogP contribution in [0, 0.1) is 33.6 Å². The molecule has 0 spiro atoms. The van der Waals surface area contributed by atoms with Gasteiger partial charge in [-0.1, -0.05) is 17.7 Å². The number of carbonyl (C=O) groups is 1. The summed E-state index contributed by atoms with van der Waals surface area (Å²) in [6, 6.07) is 6.12. The first kappa shape index (κ1) is 17.4. The third-order valence-corrected chi connectivity index (χ3v) is 4.86. The molecule has 132 valence electrons. The third kappa shape index (κ3) is 3.98. The fourth-order valence-corrected chi connectivity index (χ4v) is 3.53. The van der Waals surface area contributed by atoms with Crippen LogP contribution in [0.5, 0.6) is 0 Å². The molecule has 1 aliphatic rings. The van der Waals surface area contributed by atoms with Crippen LogP contribution in [0.15, 0.2) is 24.4 Å². The van der Waals surface area contributed by atoms with E-state index >= 15 is 0 Å². The lowest BCUT2D eigenvalue weighted by Gasteiger charge is -2.31. The van der Waals surface area contributed by atoms with E-state index in [1.807, 2.05) is 26.8 Å². The molecule has 1 aromatic carbocycles. The number of anilines is 2. The van der Waals surface area contributed by atoms with Crippen molar-refractivity contribution in [2.24, 2.45) is 5.92 Å². The van der Waals surface area contributed by atoms with Crippen LogP contribution in [0.4, 0.5) is 11.6 Å². The lowest BCUT2D eigenvalue weighted by atomic mass is 9.95. The van der Waals surface area contributed by atoms with E-state index in [0.29, 0.717) is 0 Å². The Hall–Kier alpha value is -2.43. The van der Waals surface area contributed by atoms with E-state index in [-0.39, 0.29) is 11.8 Å². The summed E-state index contributed by atoms with van der Waals surface area (Å²) in [5.41, 5.74) is 5.39.